The molecule has 1 fully saturated rings. The molecule has 0 heterocycles. The lowest BCUT2D eigenvalue weighted by atomic mass is 10.2. The number of hydrogen-bond donors (Lipinski definition) is 3. The Morgan fingerprint density at radius 2 is 1.85 bits per heavy atom. The molecule has 0 aromatic heterocycles. The number of carbonyl (C=O) groups excluding carboxylic acids is 1. The van der Waals surface area contributed by atoms with Crippen molar-refractivity contribution in [2.24, 2.45) is 0 Å². The number of carbonyl (C=O) groups is 2. The van der Waals surface area contributed by atoms with Crippen LogP contribution in [0.15, 0.2) is 47.4 Å². The number of anilines is 1. The van der Waals surface area contributed by atoms with Gasteiger partial charge in [-0.3, -0.25) is 9.52 Å². The molecular formula is C17H15FN2O5S. The summed E-state index contributed by atoms with van der Waals surface area (Å²) in [4.78, 5) is 22.6. The molecule has 26 heavy (non-hydrogen) atoms. The number of amides is 1. The Hall–Kier alpha value is -2.94. The highest BCUT2D eigenvalue weighted by molar-refractivity contribution is 7.92. The molecule has 9 heteroatoms. The van der Waals surface area contributed by atoms with Crippen molar-refractivity contribution in [2.75, 3.05) is 4.72 Å². The van der Waals surface area contributed by atoms with Crippen LogP contribution in [0.2, 0.25) is 0 Å². The number of benzene rings is 2. The average Bonchev–Trinajstić information content (AvgIpc) is 3.38. The number of hydrogen-bond acceptors (Lipinski definition) is 4. The first-order chi connectivity index (χ1) is 12.3. The highest BCUT2D eigenvalue weighted by atomic mass is 32.2. The van der Waals surface area contributed by atoms with Gasteiger partial charge in [-0.2, -0.15) is 0 Å². The molecule has 0 saturated heterocycles. The number of aromatic carboxylic acids is 1. The lowest BCUT2D eigenvalue weighted by Gasteiger charge is -2.10. The van der Waals surface area contributed by atoms with Crippen molar-refractivity contribution in [1.82, 2.24) is 5.32 Å². The van der Waals surface area contributed by atoms with Gasteiger partial charge in [-0.15, -0.1) is 0 Å². The Balaban J connectivity index is 1.84. The van der Waals surface area contributed by atoms with Gasteiger partial charge in [0.25, 0.3) is 15.9 Å². The summed E-state index contributed by atoms with van der Waals surface area (Å²) in [5.41, 5.74) is -0.317. The van der Waals surface area contributed by atoms with Crippen LogP contribution in [-0.4, -0.2) is 31.4 Å². The molecule has 2 aromatic rings. The van der Waals surface area contributed by atoms with E-state index in [1.165, 1.54) is 18.2 Å². The maximum Gasteiger partial charge on any atom is 0.338 e. The van der Waals surface area contributed by atoms with Crippen molar-refractivity contribution in [3.05, 3.63) is 59.4 Å². The first kappa shape index (κ1) is 17.9. The van der Waals surface area contributed by atoms with Crippen LogP contribution in [0.1, 0.15) is 33.6 Å². The third-order valence-electron chi connectivity index (χ3n) is 3.77. The fourth-order valence-electron chi connectivity index (χ4n) is 2.27. The molecule has 0 radical (unpaired) electrons. The highest BCUT2D eigenvalue weighted by Gasteiger charge is 2.24. The van der Waals surface area contributed by atoms with E-state index in [9.17, 15) is 22.4 Å². The second-order valence-corrected chi connectivity index (χ2v) is 7.56. The second-order valence-electron chi connectivity index (χ2n) is 5.88. The van der Waals surface area contributed by atoms with Crippen LogP contribution < -0.4 is 10.0 Å². The molecular weight excluding hydrogens is 363 g/mol. The second kappa shape index (κ2) is 6.75. The van der Waals surface area contributed by atoms with Crippen molar-refractivity contribution >= 4 is 27.6 Å². The summed E-state index contributed by atoms with van der Waals surface area (Å²) in [5.74, 6) is -2.91. The quantitative estimate of drug-likeness (QED) is 0.713. The van der Waals surface area contributed by atoms with Crippen LogP contribution in [0.25, 0.3) is 0 Å². The fourth-order valence-corrected chi connectivity index (χ4v) is 3.35. The van der Waals surface area contributed by atoms with E-state index in [1.54, 1.807) is 6.07 Å². The van der Waals surface area contributed by atoms with Crippen LogP contribution in [0.3, 0.4) is 0 Å². The molecule has 0 atom stereocenters. The minimum atomic E-state index is -4.15. The van der Waals surface area contributed by atoms with Crippen LogP contribution in [-0.2, 0) is 10.0 Å². The molecule has 1 amide bonds. The summed E-state index contributed by atoms with van der Waals surface area (Å²) in [5, 5.41) is 11.7. The van der Waals surface area contributed by atoms with Gasteiger partial charge in [0.2, 0.25) is 0 Å². The van der Waals surface area contributed by atoms with Crippen molar-refractivity contribution in [3.63, 3.8) is 0 Å². The summed E-state index contributed by atoms with van der Waals surface area (Å²) < 4.78 is 40.6. The Morgan fingerprint density at radius 3 is 2.50 bits per heavy atom. The van der Waals surface area contributed by atoms with Crippen LogP contribution in [0, 0.1) is 5.82 Å². The minimum Gasteiger partial charge on any atom is -0.478 e. The summed E-state index contributed by atoms with van der Waals surface area (Å²) >= 11 is 0. The molecule has 7 nitrogen and oxygen atoms in total. The Labute approximate surface area is 148 Å². The predicted octanol–water partition coefficient (Wildman–Crippen LogP) is 2.22. The molecule has 1 aliphatic carbocycles. The lowest BCUT2D eigenvalue weighted by molar-refractivity contribution is 0.0691. The van der Waals surface area contributed by atoms with E-state index in [4.69, 9.17) is 5.11 Å². The summed E-state index contributed by atoms with van der Waals surface area (Å²) in [6, 6.07) is 8.54. The van der Waals surface area contributed by atoms with Gasteiger partial charge in [0.1, 0.15) is 5.82 Å². The molecule has 3 rings (SSSR count). The van der Waals surface area contributed by atoms with Crippen LogP contribution >= 0.6 is 0 Å². The zero-order chi connectivity index (χ0) is 18.9. The highest BCUT2D eigenvalue weighted by Crippen LogP contribution is 2.22. The van der Waals surface area contributed by atoms with E-state index in [-0.39, 0.29) is 17.6 Å². The van der Waals surface area contributed by atoms with E-state index in [0.717, 1.165) is 31.0 Å². The minimum absolute atomic E-state index is 0.134. The van der Waals surface area contributed by atoms with Gasteiger partial charge in [0, 0.05) is 17.3 Å². The largest absolute Gasteiger partial charge is 0.478 e. The number of sulfonamides is 1. The summed E-state index contributed by atoms with van der Waals surface area (Å²) in [6.45, 7) is 0. The van der Waals surface area contributed by atoms with Crippen molar-refractivity contribution in [2.45, 2.75) is 23.8 Å². The third kappa shape index (κ3) is 3.99. The zero-order valence-corrected chi connectivity index (χ0v) is 14.2. The monoisotopic (exact) mass is 378 g/mol. The molecule has 0 aliphatic heterocycles. The Bertz CT molecular complexity index is 986. The van der Waals surface area contributed by atoms with Crippen molar-refractivity contribution in [3.8, 4) is 0 Å². The molecule has 0 spiro atoms. The number of rotatable bonds is 6. The molecule has 136 valence electrons. The van der Waals surface area contributed by atoms with Gasteiger partial charge in [0.05, 0.1) is 10.5 Å². The van der Waals surface area contributed by atoms with Gasteiger partial charge in [-0.1, -0.05) is 6.07 Å². The molecule has 0 unspecified atom stereocenters. The standard InChI is InChI=1S/C17H15FN2O5S/c18-15-7-6-13(9-14(15)17(22)23)26(24,25)20-12-3-1-2-10(8-12)16(21)19-11-4-5-11/h1-3,6-9,11,20H,4-5H2,(H,19,21)(H,22,23). The average molecular weight is 378 g/mol. The molecule has 0 bridgehead atoms. The van der Waals surface area contributed by atoms with Gasteiger partial charge in [0.15, 0.2) is 0 Å². The Kier molecular flexibility index (Phi) is 4.64. The first-order valence-corrected chi connectivity index (χ1v) is 9.21. The number of nitrogens with one attached hydrogen (secondary N) is 2. The van der Waals surface area contributed by atoms with E-state index >= 15 is 0 Å². The van der Waals surface area contributed by atoms with Crippen LogP contribution in [0.5, 0.6) is 0 Å². The predicted molar refractivity (Wildman–Crippen MR) is 91.1 cm³/mol. The third-order valence-corrected chi connectivity index (χ3v) is 5.15. The molecule has 2 aromatic carbocycles. The molecule has 1 saturated carbocycles. The van der Waals surface area contributed by atoms with Gasteiger partial charge < -0.3 is 10.4 Å². The summed E-state index contributed by atoms with van der Waals surface area (Å²) in [6.07, 6.45) is 1.85. The Morgan fingerprint density at radius 1 is 1.12 bits per heavy atom. The van der Waals surface area contributed by atoms with E-state index < -0.39 is 32.3 Å². The SMILES string of the molecule is O=C(NC1CC1)c1cccc(NS(=O)(=O)c2ccc(F)c(C(=O)O)c2)c1. The van der Waals surface area contributed by atoms with Gasteiger partial charge >= 0.3 is 5.97 Å². The van der Waals surface area contributed by atoms with E-state index in [2.05, 4.69) is 10.0 Å². The molecule has 3 N–H and O–H groups in total. The maximum absolute atomic E-state index is 13.4. The van der Waals surface area contributed by atoms with Gasteiger partial charge in [-0.05, 0) is 49.2 Å². The topological polar surface area (TPSA) is 113 Å². The number of halogens is 1. The van der Waals surface area contributed by atoms with E-state index in [1.807, 2.05) is 0 Å². The maximum atomic E-state index is 13.4. The number of carboxylic acids is 1. The smallest absolute Gasteiger partial charge is 0.338 e. The van der Waals surface area contributed by atoms with Gasteiger partial charge in [-0.25, -0.2) is 17.6 Å². The lowest BCUT2D eigenvalue weighted by Crippen LogP contribution is -2.25. The summed E-state index contributed by atoms with van der Waals surface area (Å²) in [7, 11) is -4.15. The fraction of sp³-hybridized carbons (Fsp3) is 0.176. The van der Waals surface area contributed by atoms with E-state index in [0.29, 0.717) is 5.56 Å². The first-order valence-electron chi connectivity index (χ1n) is 7.73. The number of carboxylic acid groups (broad SMARTS) is 1. The van der Waals surface area contributed by atoms with Crippen LogP contribution in [0.4, 0.5) is 10.1 Å². The van der Waals surface area contributed by atoms with Crippen molar-refractivity contribution in [1.29, 1.82) is 0 Å². The molecule has 1 aliphatic rings. The zero-order valence-electron chi connectivity index (χ0n) is 13.4. The normalized spacial score (nSPS) is 13.9. The van der Waals surface area contributed by atoms with Crippen molar-refractivity contribution < 1.29 is 27.5 Å².